The van der Waals surface area contributed by atoms with Crippen LogP contribution in [-0.4, -0.2) is 65.8 Å². The number of aliphatic hydroxyl groups is 1. The third-order valence-electron chi connectivity index (χ3n) is 5.52. The number of hydrogen-bond acceptors (Lipinski definition) is 8. The zero-order chi connectivity index (χ0) is 23.3. The molecule has 10 heteroatoms. The number of thiazole rings is 1. The van der Waals surface area contributed by atoms with Gasteiger partial charge in [-0.2, -0.15) is 0 Å². The summed E-state index contributed by atoms with van der Waals surface area (Å²) in [6.07, 6.45) is -0.204. The molecule has 1 aromatic heterocycles. The highest BCUT2D eigenvalue weighted by Gasteiger charge is 2.74. The standard InChI is InChI=1S/C22H21BrN2O5S2/c1-4-10-30-18(28)15-21(2,3)32-20-22(23,19(29)25(15)20)16(27)14(26)13-11-31-17(24-13)12-8-6-5-7-9-12/h4-9,11,15-16,20,27H,1,10H2,2-3H3/t15-,16?,20+,22?/m0/s1. The number of fused-ring (bicyclic) bond motifs is 1. The van der Waals surface area contributed by atoms with Crippen molar-refractivity contribution in [3.8, 4) is 10.6 Å². The Kier molecular flexibility index (Phi) is 6.08. The molecule has 4 atom stereocenters. The Balaban J connectivity index is 1.56. The van der Waals surface area contributed by atoms with E-state index in [0.29, 0.717) is 5.01 Å². The van der Waals surface area contributed by atoms with Crippen molar-refractivity contribution in [2.75, 3.05) is 6.61 Å². The number of rotatable bonds is 7. The second kappa shape index (κ2) is 8.40. The van der Waals surface area contributed by atoms with Crippen molar-refractivity contribution in [1.82, 2.24) is 9.88 Å². The first-order valence-corrected chi connectivity index (χ1v) is 12.4. The fraction of sp³-hybridized carbons (Fsp3) is 0.364. The number of Topliss-reactive ketones (excluding diaryl/α,β-unsaturated/α-hetero) is 1. The number of amides is 1. The van der Waals surface area contributed by atoms with Crippen LogP contribution in [0.4, 0.5) is 0 Å². The number of carbonyl (C=O) groups is 3. The molecule has 3 heterocycles. The summed E-state index contributed by atoms with van der Waals surface area (Å²) in [7, 11) is 0. The zero-order valence-corrected chi connectivity index (χ0v) is 20.6. The first kappa shape index (κ1) is 23.2. The fourth-order valence-electron chi connectivity index (χ4n) is 3.93. The molecule has 168 valence electrons. The number of benzene rings is 1. The number of thioether (sulfide) groups is 1. The number of ketones is 1. The summed E-state index contributed by atoms with van der Waals surface area (Å²) >= 11 is 5.99. The van der Waals surface area contributed by atoms with E-state index in [1.807, 2.05) is 44.2 Å². The summed E-state index contributed by atoms with van der Waals surface area (Å²) in [5.41, 5.74) is 0.954. The summed E-state index contributed by atoms with van der Waals surface area (Å²) in [4.78, 5) is 44.6. The molecule has 0 radical (unpaired) electrons. The van der Waals surface area contributed by atoms with E-state index in [9.17, 15) is 19.5 Å². The normalized spacial score (nSPS) is 26.8. The van der Waals surface area contributed by atoms with E-state index >= 15 is 0 Å². The number of esters is 1. The molecule has 0 aliphatic carbocycles. The molecule has 1 amide bonds. The summed E-state index contributed by atoms with van der Waals surface area (Å²) < 4.78 is 2.97. The van der Waals surface area contributed by atoms with Crippen molar-refractivity contribution in [3.63, 3.8) is 0 Å². The van der Waals surface area contributed by atoms with Crippen LogP contribution in [0.1, 0.15) is 24.3 Å². The lowest BCUT2D eigenvalue weighted by molar-refractivity contribution is -0.166. The van der Waals surface area contributed by atoms with Crippen molar-refractivity contribution in [1.29, 1.82) is 0 Å². The van der Waals surface area contributed by atoms with Crippen LogP contribution in [0.15, 0.2) is 48.4 Å². The number of halogens is 1. The van der Waals surface area contributed by atoms with Gasteiger partial charge in [0.2, 0.25) is 11.7 Å². The Morgan fingerprint density at radius 2 is 2.06 bits per heavy atom. The second-order valence-electron chi connectivity index (χ2n) is 8.05. The van der Waals surface area contributed by atoms with Crippen LogP contribution in [0.2, 0.25) is 0 Å². The molecule has 0 spiro atoms. The average molecular weight is 537 g/mol. The van der Waals surface area contributed by atoms with Crippen LogP contribution in [0.3, 0.4) is 0 Å². The largest absolute Gasteiger partial charge is 0.460 e. The van der Waals surface area contributed by atoms with E-state index < -0.39 is 44.3 Å². The van der Waals surface area contributed by atoms with E-state index in [0.717, 1.165) is 5.56 Å². The predicted molar refractivity (Wildman–Crippen MR) is 127 cm³/mol. The Bertz CT molecular complexity index is 1090. The van der Waals surface area contributed by atoms with Crippen molar-refractivity contribution in [3.05, 3.63) is 54.1 Å². The molecule has 2 aliphatic heterocycles. The van der Waals surface area contributed by atoms with Crippen LogP contribution >= 0.6 is 39.0 Å². The van der Waals surface area contributed by atoms with Gasteiger partial charge in [0, 0.05) is 15.7 Å². The number of hydrogen-bond donors (Lipinski definition) is 1. The van der Waals surface area contributed by atoms with Crippen LogP contribution in [0.25, 0.3) is 10.6 Å². The Hall–Kier alpha value is -2.01. The maximum Gasteiger partial charge on any atom is 0.330 e. The van der Waals surface area contributed by atoms with Gasteiger partial charge in [0.15, 0.2) is 4.32 Å². The summed E-state index contributed by atoms with van der Waals surface area (Å²) in [5.74, 6) is -1.72. The lowest BCUT2D eigenvalue weighted by atomic mass is 9.85. The minimum absolute atomic E-state index is 0.0386. The zero-order valence-electron chi connectivity index (χ0n) is 17.4. The third kappa shape index (κ3) is 3.53. The number of alkyl halides is 1. The van der Waals surface area contributed by atoms with Gasteiger partial charge in [-0.1, -0.05) is 58.9 Å². The van der Waals surface area contributed by atoms with Crippen LogP contribution in [0, 0.1) is 0 Å². The highest BCUT2D eigenvalue weighted by Crippen LogP contribution is 2.59. The van der Waals surface area contributed by atoms with E-state index in [-0.39, 0.29) is 12.3 Å². The molecule has 2 aliphatic rings. The molecule has 1 aromatic carbocycles. The number of ether oxygens (including phenoxy) is 1. The highest BCUT2D eigenvalue weighted by atomic mass is 79.9. The molecule has 1 N–H and O–H groups in total. The quantitative estimate of drug-likeness (QED) is 0.190. The molecule has 0 saturated carbocycles. The van der Waals surface area contributed by atoms with E-state index in [2.05, 4.69) is 27.5 Å². The van der Waals surface area contributed by atoms with E-state index in [4.69, 9.17) is 4.74 Å². The first-order chi connectivity index (χ1) is 15.1. The number of nitrogens with zero attached hydrogens (tertiary/aromatic N) is 2. The van der Waals surface area contributed by atoms with Crippen LogP contribution in [0.5, 0.6) is 0 Å². The van der Waals surface area contributed by atoms with Crippen molar-refractivity contribution in [2.24, 2.45) is 0 Å². The number of aliphatic hydroxyl groups excluding tert-OH is 1. The molecule has 4 rings (SSSR count). The van der Waals surface area contributed by atoms with Gasteiger partial charge in [-0.15, -0.1) is 23.1 Å². The maximum absolute atomic E-state index is 13.2. The van der Waals surface area contributed by atoms with Crippen LogP contribution < -0.4 is 0 Å². The topological polar surface area (TPSA) is 96.8 Å². The van der Waals surface area contributed by atoms with Gasteiger partial charge in [-0.05, 0) is 13.8 Å². The average Bonchev–Trinajstić information content (AvgIpc) is 3.38. The van der Waals surface area contributed by atoms with Gasteiger partial charge >= 0.3 is 5.97 Å². The second-order valence-corrected chi connectivity index (χ2v) is 12.0. The molecule has 0 bridgehead atoms. The molecule has 32 heavy (non-hydrogen) atoms. The molecule has 2 fully saturated rings. The van der Waals surface area contributed by atoms with Crippen molar-refractivity contribution in [2.45, 2.75) is 40.4 Å². The Labute approximate surface area is 202 Å². The summed E-state index contributed by atoms with van der Waals surface area (Å²) in [5, 5.41) is 12.6. The molecule has 2 saturated heterocycles. The number of carbonyl (C=O) groups excluding carboxylic acids is 3. The molecular weight excluding hydrogens is 516 g/mol. The summed E-state index contributed by atoms with van der Waals surface area (Å²) in [6, 6.07) is 8.56. The highest BCUT2D eigenvalue weighted by molar-refractivity contribution is 9.10. The first-order valence-electron chi connectivity index (χ1n) is 9.83. The van der Waals surface area contributed by atoms with Gasteiger partial charge in [0.25, 0.3) is 0 Å². The number of aromatic nitrogens is 1. The Morgan fingerprint density at radius 3 is 2.72 bits per heavy atom. The van der Waals surface area contributed by atoms with E-state index in [1.54, 1.807) is 5.38 Å². The molecule has 7 nitrogen and oxygen atoms in total. The van der Waals surface area contributed by atoms with Crippen molar-refractivity contribution < 1.29 is 24.2 Å². The predicted octanol–water partition coefficient (Wildman–Crippen LogP) is 3.28. The minimum atomic E-state index is -1.66. The molecular formula is C22H21BrN2O5S2. The Morgan fingerprint density at radius 1 is 1.38 bits per heavy atom. The number of β-lactam (4-membered cyclic amide) rings is 1. The van der Waals surface area contributed by atoms with Gasteiger partial charge in [-0.3, -0.25) is 9.59 Å². The molecule has 2 unspecified atom stereocenters. The van der Waals surface area contributed by atoms with Crippen LogP contribution in [-0.2, 0) is 14.3 Å². The van der Waals surface area contributed by atoms with E-state index in [1.165, 1.54) is 34.1 Å². The lowest BCUT2D eigenvalue weighted by Crippen LogP contribution is -2.75. The molecule has 2 aromatic rings. The van der Waals surface area contributed by atoms with Gasteiger partial charge in [0.1, 0.15) is 34.8 Å². The van der Waals surface area contributed by atoms with Crippen molar-refractivity contribution >= 4 is 56.7 Å². The lowest BCUT2D eigenvalue weighted by Gasteiger charge is -2.51. The smallest absolute Gasteiger partial charge is 0.330 e. The summed E-state index contributed by atoms with van der Waals surface area (Å²) in [6.45, 7) is 7.23. The maximum atomic E-state index is 13.2. The van der Waals surface area contributed by atoms with Gasteiger partial charge < -0.3 is 14.7 Å². The monoisotopic (exact) mass is 536 g/mol. The van der Waals surface area contributed by atoms with Gasteiger partial charge in [0.05, 0.1) is 0 Å². The minimum Gasteiger partial charge on any atom is -0.460 e. The fourth-order valence-corrected chi connectivity index (χ4v) is 7.30. The van der Waals surface area contributed by atoms with Gasteiger partial charge in [-0.25, -0.2) is 9.78 Å². The SMILES string of the molecule is C=CCOC(=O)[C@@H]1N2C(=O)C(Br)(C(O)C(=O)c3csc(-c4ccccc4)n3)[C@H]2SC1(C)C. The third-order valence-corrected chi connectivity index (χ3v) is 9.57.